The Labute approximate surface area is 180 Å². The minimum atomic E-state index is -4.53. The first-order chi connectivity index (χ1) is 15.3. The molecule has 4 heterocycles. The van der Waals surface area contributed by atoms with Crippen LogP contribution in [0.4, 0.5) is 17.6 Å². The van der Waals surface area contributed by atoms with E-state index in [1.54, 1.807) is 0 Å². The fourth-order valence-electron chi connectivity index (χ4n) is 4.85. The predicted molar refractivity (Wildman–Crippen MR) is 103 cm³/mol. The van der Waals surface area contributed by atoms with Crippen LogP contribution >= 0.6 is 0 Å². The van der Waals surface area contributed by atoms with Gasteiger partial charge in [0.15, 0.2) is 5.69 Å². The molecule has 2 aromatic heterocycles. The highest BCUT2D eigenvalue weighted by Crippen LogP contribution is 2.44. The number of carbonyl (C=O) groups excluding carboxylic acids is 1. The zero-order valence-corrected chi connectivity index (χ0v) is 16.7. The van der Waals surface area contributed by atoms with Crippen molar-refractivity contribution in [2.24, 2.45) is 5.92 Å². The molecular formula is C21H18F4N6O. The Balaban J connectivity index is 1.37. The summed E-state index contributed by atoms with van der Waals surface area (Å²) in [6, 6.07) is 3.83. The monoisotopic (exact) mass is 446 g/mol. The molecule has 2 fully saturated rings. The van der Waals surface area contributed by atoms with Gasteiger partial charge in [-0.1, -0.05) is 0 Å². The molecule has 32 heavy (non-hydrogen) atoms. The highest BCUT2D eigenvalue weighted by atomic mass is 19.4. The molecule has 0 radical (unpaired) electrons. The third-order valence-electron chi connectivity index (χ3n) is 6.19. The van der Waals surface area contributed by atoms with Crippen molar-refractivity contribution in [1.82, 2.24) is 29.9 Å². The van der Waals surface area contributed by atoms with Gasteiger partial charge in [-0.25, -0.2) is 9.37 Å². The lowest BCUT2D eigenvalue weighted by molar-refractivity contribution is -0.141. The molecule has 2 aliphatic heterocycles. The number of hydrogen-bond donors (Lipinski definition) is 0. The van der Waals surface area contributed by atoms with Crippen molar-refractivity contribution in [1.29, 1.82) is 0 Å². The molecule has 7 nitrogen and oxygen atoms in total. The highest BCUT2D eigenvalue weighted by molar-refractivity contribution is 5.98. The number of halogens is 4. The van der Waals surface area contributed by atoms with E-state index in [1.165, 1.54) is 35.4 Å². The van der Waals surface area contributed by atoms with Gasteiger partial charge in [-0.2, -0.15) is 28.2 Å². The number of rotatable bonds is 4. The second-order valence-electron chi connectivity index (χ2n) is 8.08. The van der Waals surface area contributed by atoms with Gasteiger partial charge in [-0.15, -0.1) is 0 Å². The number of benzene rings is 1. The van der Waals surface area contributed by atoms with Crippen LogP contribution in [0.3, 0.4) is 0 Å². The van der Waals surface area contributed by atoms with E-state index in [1.807, 2.05) is 4.90 Å². The van der Waals surface area contributed by atoms with E-state index in [9.17, 15) is 22.4 Å². The predicted octanol–water partition coefficient (Wildman–Crippen LogP) is 3.45. The minimum absolute atomic E-state index is 0.0170. The van der Waals surface area contributed by atoms with Crippen molar-refractivity contribution >= 4 is 5.91 Å². The minimum Gasteiger partial charge on any atom is -0.332 e. The van der Waals surface area contributed by atoms with Crippen LogP contribution in [0.5, 0.6) is 0 Å². The number of fused-ring (bicyclic) bond motifs is 2. The normalized spacial score (nSPS) is 22.5. The quantitative estimate of drug-likeness (QED) is 0.574. The number of carbonyl (C=O) groups is 1. The Morgan fingerprint density at radius 2 is 1.88 bits per heavy atom. The molecule has 0 aliphatic carbocycles. The molecule has 11 heteroatoms. The number of alkyl halides is 3. The molecule has 3 unspecified atom stereocenters. The molecule has 2 bridgehead atoms. The van der Waals surface area contributed by atoms with Crippen molar-refractivity contribution in [3.63, 3.8) is 0 Å². The van der Waals surface area contributed by atoms with Gasteiger partial charge in [-0.05, 0) is 43.7 Å². The second kappa shape index (κ2) is 7.64. The van der Waals surface area contributed by atoms with Gasteiger partial charge >= 0.3 is 6.18 Å². The Hall–Kier alpha value is -3.37. The molecule has 3 atom stereocenters. The number of nitrogens with zero attached hydrogens (tertiary/aromatic N) is 6. The van der Waals surface area contributed by atoms with Crippen molar-refractivity contribution in [2.75, 3.05) is 0 Å². The van der Waals surface area contributed by atoms with Crippen LogP contribution in [-0.4, -0.2) is 47.9 Å². The van der Waals surface area contributed by atoms with Crippen molar-refractivity contribution < 1.29 is 22.4 Å². The van der Waals surface area contributed by atoms with Gasteiger partial charge in [-0.3, -0.25) is 9.78 Å². The smallest absolute Gasteiger partial charge is 0.332 e. The summed E-state index contributed by atoms with van der Waals surface area (Å²) in [6.07, 6.45) is 3.07. The van der Waals surface area contributed by atoms with Gasteiger partial charge in [0, 0.05) is 24.3 Å². The molecule has 5 rings (SSSR count). The Kier molecular flexibility index (Phi) is 4.90. The van der Waals surface area contributed by atoms with Crippen LogP contribution in [0.15, 0.2) is 43.0 Å². The topological polar surface area (TPSA) is 76.8 Å². The summed E-state index contributed by atoms with van der Waals surface area (Å²) in [5.74, 6) is -0.668. The zero-order valence-electron chi connectivity index (χ0n) is 16.7. The van der Waals surface area contributed by atoms with Crippen LogP contribution in [0.25, 0.3) is 5.69 Å². The van der Waals surface area contributed by atoms with E-state index in [0.29, 0.717) is 17.7 Å². The van der Waals surface area contributed by atoms with Gasteiger partial charge < -0.3 is 4.90 Å². The molecule has 1 aromatic carbocycles. The second-order valence-corrected chi connectivity index (χ2v) is 8.08. The molecular weight excluding hydrogens is 428 g/mol. The Morgan fingerprint density at radius 1 is 1.09 bits per heavy atom. The summed E-state index contributed by atoms with van der Waals surface area (Å²) in [7, 11) is 0. The summed E-state index contributed by atoms with van der Waals surface area (Å²) in [5, 5.41) is 8.04. The van der Waals surface area contributed by atoms with E-state index in [0.717, 1.165) is 31.7 Å². The largest absolute Gasteiger partial charge is 0.434 e. The SMILES string of the molecule is O=C(c1ccc(F)cc1-n1nccn1)N1C2CCC1C(Cc1cnc(C(F)(F)F)cn1)C2. The standard InChI is InChI=1S/C21H18F4N6O/c22-13-1-3-16(18(9-13)31-28-5-6-29-31)20(32)30-15-2-4-17(30)12(8-15)7-14-10-27-19(11-26-14)21(23,24)25/h1,3,5-6,9-12,15,17H,2,4,7-8H2. The molecule has 1 amide bonds. The van der Waals surface area contributed by atoms with Crippen molar-refractivity contribution in [2.45, 2.75) is 43.9 Å². The van der Waals surface area contributed by atoms with Crippen LogP contribution in [-0.2, 0) is 12.6 Å². The first kappa shape index (κ1) is 20.5. The van der Waals surface area contributed by atoms with E-state index in [-0.39, 0.29) is 29.6 Å². The fraction of sp³-hybridized carbons (Fsp3) is 0.381. The molecule has 166 valence electrons. The van der Waals surface area contributed by atoms with Crippen molar-refractivity contribution in [3.8, 4) is 5.69 Å². The van der Waals surface area contributed by atoms with Crippen LogP contribution in [0, 0.1) is 11.7 Å². The van der Waals surface area contributed by atoms with Gasteiger partial charge in [0.25, 0.3) is 5.91 Å². The first-order valence-corrected chi connectivity index (χ1v) is 10.2. The molecule has 2 aliphatic rings. The van der Waals surface area contributed by atoms with E-state index >= 15 is 0 Å². The lowest BCUT2D eigenvalue weighted by atomic mass is 9.86. The maximum absolute atomic E-state index is 13.9. The summed E-state index contributed by atoms with van der Waals surface area (Å²) in [4.78, 5) is 23.9. The van der Waals surface area contributed by atoms with E-state index in [2.05, 4.69) is 20.2 Å². The lowest BCUT2D eigenvalue weighted by Gasteiger charge is -2.25. The third-order valence-corrected chi connectivity index (χ3v) is 6.19. The Morgan fingerprint density at radius 3 is 2.56 bits per heavy atom. The maximum atomic E-state index is 13.9. The molecule has 2 saturated heterocycles. The van der Waals surface area contributed by atoms with Gasteiger partial charge in [0.1, 0.15) is 11.5 Å². The summed E-state index contributed by atoms with van der Waals surface area (Å²) < 4.78 is 52.1. The average Bonchev–Trinajstić information content (AvgIpc) is 3.49. The number of aromatic nitrogens is 5. The maximum Gasteiger partial charge on any atom is 0.434 e. The fourth-order valence-corrected chi connectivity index (χ4v) is 4.85. The third kappa shape index (κ3) is 3.61. The number of hydrogen-bond acceptors (Lipinski definition) is 5. The Bertz CT molecular complexity index is 1130. The summed E-state index contributed by atoms with van der Waals surface area (Å²) in [5.41, 5.74) is -0.000781. The van der Waals surface area contributed by atoms with Gasteiger partial charge in [0.2, 0.25) is 0 Å². The lowest BCUT2D eigenvalue weighted by Crippen LogP contribution is -2.37. The number of amides is 1. The van der Waals surface area contributed by atoms with Gasteiger partial charge in [0.05, 0.1) is 29.8 Å². The first-order valence-electron chi connectivity index (χ1n) is 10.2. The summed E-state index contributed by atoms with van der Waals surface area (Å²) >= 11 is 0. The van der Waals surface area contributed by atoms with E-state index in [4.69, 9.17) is 0 Å². The molecule has 0 spiro atoms. The highest BCUT2D eigenvalue weighted by Gasteiger charge is 2.49. The molecule has 0 saturated carbocycles. The van der Waals surface area contributed by atoms with Crippen LogP contribution < -0.4 is 0 Å². The van der Waals surface area contributed by atoms with Crippen LogP contribution in [0.1, 0.15) is 41.0 Å². The molecule has 3 aromatic rings. The molecule has 0 N–H and O–H groups in total. The zero-order chi connectivity index (χ0) is 22.5. The van der Waals surface area contributed by atoms with E-state index < -0.39 is 17.7 Å². The van der Waals surface area contributed by atoms with Crippen LogP contribution in [0.2, 0.25) is 0 Å². The average molecular weight is 446 g/mol. The summed E-state index contributed by atoms with van der Waals surface area (Å²) in [6.45, 7) is 0. The van der Waals surface area contributed by atoms with Crippen molar-refractivity contribution in [3.05, 3.63) is 65.8 Å².